The molecule has 3 rings (SSSR count). The normalized spacial score (nSPS) is 18.7. The van der Waals surface area contributed by atoms with Crippen LogP contribution in [-0.4, -0.2) is 43.7 Å². The van der Waals surface area contributed by atoms with E-state index in [0.717, 1.165) is 56.8 Å². The van der Waals surface area contributed by atoms with Crippen molar-refractivity contribution in [2.24, 2.45) is 0 Å². The fraction of sp³-hybridized carbons (Fsp3) is 0.481. The largest absolute Gasteiger partial charge is 0.462 e. The standard InChI is InChI=1S/C27H35FN2O4/c1-4-6-16-33-25(31)23-13-12-21(18-24(23)28)29-26(32)34-22-11-9-10-20(17-22)27(5-2)14-7-8-15-30(3)19-27/h9-13,17-18H,4-8,14-16,19H2,1-3H3,(H,29,32). The smallest absolute Gasteiger partial charge is 0.417 e. The Morgan fingerprint density at radius 2 is 1.97 bits per heavy atom. The molecule has 1 saturated heterocycles. The maximum Gasteiger partial charge on any atom is 0.417 e. The van der Waals surface area contributed by atoms with Crippen LogP contribution < -0.4 is 10.1 Å². The molecule has 2 aromatic carbocycles. The van der Waals surface area contributed by atoms with Gasteiger partial charge >= 0.3 is 12.1 Å². The quantitative estimate of drug-likeness (QED) is 0.370. The Hall–Kier alpha value is -2.93. The van der Waals surface area contributed by atoms with Crippen molar-refractivity contribution in [2.45, 2.75) is 57.8 Å². The number of unbranched alkanes of at least 4 members (excludes halogenated alkanes) is 1. The SMILES string of the molecule is CCCCOC(=O)c1ccc(NC(=O)Oc2cccc(C3(CC)CCCCN(C)C3)c2)cc1F. The van der Waals surface area contributed by atoms with Crippen LogP contribution in [0, 0.1) is 5.82 Å². The van der Waals surface area contributed by atoms with Gasteiger partial charge in [0.25, 0.3) is 0 Å². The van der Waals surface area contributed by atoms with E-state index in [-0.39, 0.29) is 23.3 Å². The Balaban J connectivity index is 1.66. The van der Waals surface area contributed by atoms with Gasteiger partial charge in [0.05, 0.1) is 12.2 Å². The molecule has 1 N–H and O–H groups in total. The highest BCUT2D eigenvalue weighted by molar-refractivity contribution is 5.91. The number of hydrogen-bond acceptors (Lipinski definition) is 5. The number of likely N-dealkylation sites (tertiary alicyclic amines) is 1. The number of benzene rings is 2. The number of nitrogens with one attached hydrogen (secondary N) is 1. The van der Waals surface area contributed by atoms with Crippen molar-refractivity contribution in [1.82, 2.24) is 4.90 Å². The first-order chi connectivity index (χ1) is 16.4. The van der Waals surface area contributed by atoms with Gasteiger partial charge in [-0.25, -0.2) is 14.0 Å². The second-order valence-corrected chi connectivity index (χ2v) is 9.06. The molecule has 6 nitrogen and oxygen atoms in total. The lowest BCUT2D eigenvalue weighted by atomic mass is 9.74. The van der Waals surface area contributed by atoms with Crippen LogP contribution in [0.4, 0.5) is 14.9 Å². The summed E-state index contributed by atoms with van der Waals surface area (Å²) >= 11 is 0. The molecular formula is C27H35FN2O4. The number of anilines is 1. The third-order valence-corrected chi connectivity index (χ3v) is 6.52. The summed E-state index contributed by atoms with van der Waals surface area (Å²) in [7, 11) is 2.15. The number of nitrogens with zero attached hydrogens (tertiary/aromatic N) is 1. The van der Waals surface area contributed by atoms with Crippen LogP contribution in [0.25, 0.3) is 0 Å². The highest BCUT2D eigenvalue weighted by atomic mass is 19.1. The maximum atomic E-state index is 14.4. The number of rotatable bonds is 8. The second-order valence-electron chi connectivity index (χ2n) is 9.06. The fourth-order valence-corrected chi connectivity index (χ4v) is 4.53. The van der Waals surface area contributed by atoms with Crippen LogP contribution in [0.1, 0.15) is 68.3 Å². The van der Waals surface area contributed by atoms with Gasteiger partial charge < -0.3 is 14.4 Å². The maximum absolute atomic E-state index is 14.4. The second kappa shape index (κ2) is 12.0. The van der Waals surface area contributed by atoms with Gasteiger partial charge in [-0.3, -0.25) is 5.32 Å². The first-order valence-corrected chi connectivity index (χ1v) is 12.1. The van der Waals surface area contributed by atoms with Crippen LogP contribution in [0.2, 0.25) is 0 Å². The molecule has 7 heteroatoms. The zero-order valence-corrected chi connectivity index (χ0v) is 20.4. The van der Waals surface area contributed by atoms with E-state index in [1.807, 2.05) is 19.1 Å². The number of ether oxygens (including phenoxy) is 2. The molecule has 0 saturated carbocycles. The Morgan fingerprint density at radius 1 is 1.15 bits per heavy atom. The van der Waals surface area contributed by atoms with Crippen LogP contribution in [0.3, 0.4) is 0 Å². The molecule has 1 fully saturated rings. The van der Waals surface area contributed by atoms with Crippen molar-refractivity contribution in [3.63, 3.8) is 0 Å². The summed E-state index contributed by atoms with van der Waals surface area (Å²) in [6.07, 6.45) is 5.31. The van der Waals surface area contributed by atoms with Crippen molar-refractivity contribution in [3.05, 3.63) is 59.4 Å². The topological polar surface area (TPSA) is 67.9 Å². The van der Waals surface area contributed by atoms with Gasteiger partial charge in [-0.15, -0.1) is 0 Å². The first-order valence-electron chi connectivity index (χ1n) is 12.1. The number of halogens is 1. The number of likely N-dealkylation sites (N-methyl/N-ethyl adjacent to an activating group) is 1. The highest BCUT2D eigenvalue weighted by Crippen LogP contribution is 2.37. The van der Waals surface area contributed by atoms with Crippen LogP contribution in [0.5, 0.6) is 5.75 Å². The molecule has 1 atom stereocenters. The highest BCUT2D eigenvalue weighted by Gasteiger charge is 2.33. The van der Waals surface area contributed by atoms with E-state index >= 15 is 0 Å². The number of carbonyl (C=O) groups is 2. The molecule has 0 radical (unpaired) electrons. The van der Waals surface area contributed by atoms with E-state index in [9.17, 15) is 14.0 Å². The fourth-order valence-electron chi connectivity index (χ4n) is 4.53. The Bertz CT molecular complexity index is 996. The Kier molecular flexibility index (Phi) is 9.05. The van der Waals surface area contributed by atoms with E-state index in [1.165, 1.54) is 18.6 Å². The van der Waals surface area contributed by atoms with Crippen molar-refractivity contribution < 1.29 is 23.5 Å². The lowest BCUT2D eigenvalue weighted by Crippen LogP contribution is -2.37. The van der Waals surface area contributed by atoms with Crippen LogP contribution in [0.15, 0.2) is 42.5 Å². The summed E-state index contributed by atoms with van der Waals surface area (Å²) in [4.78, 5) is 26.8. The lowest BCUT2D eigenvalue weighted by Gasteiger charge is -2.35. The number of amides is 1. The van der Waals surface area contributed by atoms with Crippen molar-refractivity contribution >= 4 is 17.7 Å². The third kappa shape index (κ3) is 6.56. The molecule has 1 heterocycles. The minimum absolute atomic E-state index is 0.0196. The van der Waals surface area contributed by atoms with Gasteiger partial charge in [0, 0.05) is 17.6 Å². The molecule has 0 bridgehead atoms. The van der Waals surface area contributed by atoms with Gasteiger partial charge in [-0.05, 0) is 75.2 Å². The minimum Gasteiger partial charge on any atom is -0.462 e. The van der Waals surface area contributed by atoms with Gasteiger partial charge in [0.2, 0.25) is 0 Å². The summed E-state index contributed by atoms with van der Waals surface area (Å²) in [5.41, 5.74) is 1.21. The summed E-state index contributed by atoms with van der Waals surface area (Å²) in [6, 6.07) is 11.5. The van der Waals surface area contributed by atoms with E-state index in [0.29, 0.717) is 5.75 Å². The monoisotopic (exact) mass is 470 g/mol. The Morgan fingerprint density at radius 3 is 2.71 bits per heavy atom. The minimum atomic E-state index is -0.760. The summed E-state index contributed by atoms with van der Waals surface area (Å²) in [5.74, 6) is -1.04. The zero-order valence-electron chi connectivity index (χ0n) is 20.4. The molecule has 184 valence electrons. The summed E-state index contributed by atoms with van der Waals surface area (Å²) in [5, 5.41) is 2.53. The average molecular weight is 471 g/mol. The van der Waals surface area contributed by atoms with Gasteiger partial charge in [0.1, 0.15) is 11.6 Å². The number of carbonyl (C=O) groups excluding carboxylic acids is 2. The predicted molar refractivity (Wildman–Crippen MR) is 131 cm³/mol. The third-order valence-electron chi connectivity index (χ3n) is 6.52. The zero-order chi connectivity index (χ0) is 24.6. The molecular weight excluding hydrogens is 435 g/mol. The van der Waals surface area contributed by atoms with E-state index in [4.69, 9.17) is 9.47 Å². The van der Waals surface area contributed by atoms with E-state index < -0.39 is 17.9 Å². The predicted octanol–water partition coefficient (Wildman–Crippen LogP) is 6.16. The lowest BCUT2D eigenvalue weighted by molar-refractivity contribution is 0.0494. The summed E-state index contributed by atoms with van der Waals surface area (Å²) < 4.78 is 24.9. The molecule has 0 aliphatic carbocycles. The molecule has 1 amide bonds. The average Bonchev–Trinajstić information content (AvgIpc) is 3.01. The van der Waals surface area contributed by atoms with Gasteiger partial charge in [-0.2, -0.15) is 0 Å². The number of hydrogen-bond donors (Lipinski definition) is 1. The van der Waals surface area contributed by atoms with Crippen molar-refractivity contribution in [1.29, 1.82) is 0 Å². The first kappa shape index (κ1) is 25.7. The van der Waals surface area contributed by atoms with Crippen LogP contribution in [-0.2, 0) is 10.2 Å². The molecule has 2 aromatic rings. The molecule has 1 aliphatic rings. The van der Waals surface area contributed by atoms with Gasteiger partial charge in [-0.1, -0.05) is 38.8 Å². The Labute approximate surface area is 201 Å². The number of esters is 1. The van der Waals surface area contributed by atoms with E-state index in [1.54, 1.807) is 6.07 Å². The van der Waals surface area contributed by atoms with E-state index in [2.05, 4.69) is 30.3 Å². The van der Waals surface area contributed by atoms with Crippen LogP contribution >= 0.6 is 0 Å². The van der Waals surface area contributed by atoms with Gasteiger partial charge in [0.15, 0.2) is 0 Å². The molecule has 1 aliphatic heterocycles. The van der Waals surface area contributed by atoms with Crippen molar-refractivity contribution in [3.8, 4) is 5.75 Å². The molecule has 0 spiro atoms. The molecule has 0 aromatic heterocycles. The molecule has 1 unspecified atom stereocenters. The molecule has 34 heavy (non-hydrogen) atoms. The summed E-state index contributed by atoms with van der Waals surface area (Å²) in [6.45, 7) is 6.48. The van der Waals surface area contributed by atoms with Crippen molar-refractivity contribution in [2.75, 3.05) is 32.1 Å².